The number of nitrogens with two attached hydrogens (primary N) is 1. The lowest BCUT2D eigenvalue weighted by atomic mass is 10.1. The van der Waals surface area contributed by atoms with Crippen molar-refractivity contribution < 1.29 is 4.74 Å². The Morgan fingerprint density at radius 3 is 2.52 bits per heavy atom. The number of benzene rings is 1. The number of aromatic nitrogens is 2. The summed E-state index contributed by atoms with van der Waals surface area (Å²) in [7, 11) is 3.49. The molecule has 1 aromatic carbocycles. The van der Waals surface area contributed by atoms with Gasteiger partial charge in [0, 0.05) is 12.1 Å². The Kier molecular flexibility index (Phi) is 4.82. The van der Waals surface area contributed by atoms with E-state index < -0.39 is 0 Å². The number of anilines is 2. The quantitative estimate of drug-likeness (QED) is 0.653. The lowest BCUT2D eigenvalue weighted by Gasteiger charge is -2.28. The van der Waals surface area contributed by atoms with Crippen molar-refractivity contribution in [2.75, 3.05) is 24.5 Å². The molecular formula is C14H18ClN5O. The van der Waals surface area contributed by atoms with Crippen LogP contribution in [0, 0.1) is 0 Å². The van der Waals surface area contributed by atoms with Crippen molar-refractivity contribution in [2.24, 2.45) is 5.84 Å². The summed E-state index contributed by atoms with van der Waals surface area (Å²) < 4.78 is 5.36. The first-order valence-corrected chi connectivity index (χ1v) is 6.80. The number of methoxy groups -OCH3 is 1. The summed E-state index contributed by atoms with van der Waals surface area (Å²) in [5, 5.41) is 0.711. The number of hydrogen-bond donors (Lipinski definition) is 2. The standard InChI is InChI=1S/C14H18ClN5O/c1-9(10-4-6-11(15)7-5-10)20(2)14-12(21-3)13(19-16)17-8-18-14/h4-9H,16H2,1-3H3,(H,17,18,19). The molecule has 7 heteroatoms. The van der Waals surface area contributed by atoms with Crippen LogP contribution in [0.1, 0.15) is 18.5 Å². The molecule has 6 nitrogen and oxygen atoms in total. The van der Waals surface area contributed by atoms with Gasteiger partial charge in [0.25, 0.3) is 0 Å². The molecule has 0 aliphatic rings. The van der Waals surface area contributed by atoms with Crippen molar-refractivity contribution in [1.29, 1.82) is 0 Å². The van der Waals surface area contributed by atoms with E-state index in [0.717, 1.165) is 5.56 Å². The van der Waals surface area contributed by atoms with Gasteiger partial charge in [-0.1, -0.05) is 23.7 Å². The van der Waals surface area contributed by atoms with E-state index in [1.165, 1.54) is 6.33 Å². The topological polar surface area (TPSA) is 76.3 Å². The average Bonchev–Trinajstić information content (AvgIpc) is 2.53. The van der Waals surface area contributed by atoms with Gasteiger partial charge in [0.2, 0.25) is 5.75 Å². The third-order valence-corrected chi connectivity index (χ3v) is 3.65. The second kappa shape index (κ2) is 6.60. The van der Waals surface area contributed by atoms with E-state index in [9.17, 15) is 0 Å². The fraction of sp³-hybridized carbons (Fsp3) is 0.286. The van der Waals surface area contributed by atoms with E-state index in [2.05, 4.69) is 22.3 Å². The van der Waals surface area contributed by atoms with E-state index in [-0.39, 0.29) is 6.04 Å². The zero-order valence-electron chi connectivity index (χ0n) is 12.2. The van der Waals surface area contributed by atoms with Gasteiger partial charge < -0.3 is 15.1 Å². The SMILES string of the molecule is COc1c(NN)ncnc1N(C)C(C)c1ccc(Cl)cc1. The average molecular weight is 308 g/mol. The van der Waals surface area contributed by atoms with Crippen molar-refractivity contribution in [2.45, 2.75) is 13.0 Å². The lowest BCUT2D eigenvalue weighted by molar-refractivity contribution is 0.411. The highest BCUT2D eigenvalue weighted by atomic mass is 35.5. The molecule has 1 aromatic heterocycles. The van der Waals surface area contributed by atoms with Gasteiger partial charge in [-0.05, 0) is 24.6 Å². The number of nitrogen functional groups attached to an aromatic ring is 1. The number of hydrogen-bond acceptors (Lipinski definition) is 6. The van der Waals surface area contributed by atoms with Gasteiger partial charge in [0.05, 0.1) is 13.2 Å². The molecule has 1 heterocycles. The van der Waals surface area contributed by atoms with Gasteiger partial charge in [0.15, 0.2) is 11.6 Å². The first-order chi connectivity index (χ1) is 10.1. The summed E-state index contributed by atoms with van der Waals surface area (Å²) in [5.74, 6) is 7.05. The van der Waals surface area contributed by atoms with Crippen LogP contribution >= 0.6 is 11.6 Å². The molecule has 2 aromatic rings. The van der Waals surface area contributed by atoms with Crippen LogP contribution in [0.5, 0.6) is 5.75 Å². The Hall–Kier alpha value is -2.05. The van der Waals surface area contributed by atoms with Crippen LogP contribution in [0.3, 0.4) is 0 Å². The van der Waals surface area contributed by atoms with Gasteiger partial charge >= 0.3 is 0 Å². The maximum Gasteiger partial charge on any atom is 0.205 e. The molecule has 0 fully saturated rings. The van der Waals surface area contributed by atoms with Gasteiger partial charge in [-0.2, -0.15) is 0 Å². The van der Waals surface area contributed by atoms with Crippen LogP contribution < -0.4 is 20.9 Å². The predicted octanol–water partition coefficient (Wildman–Crippen LogP) is 2.62. The normalized spacial score (nSPS) is 11.9. The van der Waals surface area contributed by atoms with Crippen LogP contribution in [-0.2, 0) is 0 Å². The van der Waals surface area contributed by atoms with Crippen LogP contribution in [0.15, 0.2) is 30.6 Å². The first-order valence-electron chi connectivity index (χ1n) is 6.42. The van der Waals surface area contributed by atoms with Crippen LogP contribution in [-0.4, -0.2) is 24.1 Å². The molecule has 0 radical (unpaired) electrons. The van der Waals surface area contributed by atoms with Crippen molar-refractivity contribution in [3.8, 4) is 5.75 Å². The molecule has 0 aliphatic heterocycles. The molecule has 0 bridgehead atoms. The number of rotatable bonds is 5. The number of halogens is 1. The van der Waals surface area contributed by atoms with Crippen LogP contribution in [0.4, 0.5) is 11.6 Å². The number of nitrogens with zero attached hydrogens (tertiary/aromatic N) is 3. The molecule has 0 amide bonds. The highest BCUT2D eigenvalue weighted by Crippen LogP contribution is 2.34. The number of ether oxygens (including phenoxy) is 1. The fourth-order valence-corrected chi connectivity index (χ4v) is 2.18. The minimum absolute atomic E-state index is 0.0803. The van der Waals surface area contributed by atoms with E-state index in [0.29, 0.717) is 22.4 Å². The van der Waals surface area contributed by atoms with Crippen molar-refractivity contribution in [3.05, 3.63) is 41.2 Å². The lowest BCUT2D eigenvalue weighted by Crippen LogP contribution is -2.24. The summed E-state index contributed by atoms with van der Waals surface area (Å²) in [5.41, 5.74) is 3.62. The highest BCUT2D eigenvalue weighted by molar-refractivity contribution is 6.30. The minimum atomic E-state index is 0.0803. The van der Waals surface area contributed by atoms with Crippen LogP contribution in [0.25, 0.3) is 0 Å². The Balaban J connectivity index is 2.35. The molecule has 3 N–H and O–H groups in total. The molecule has 0 aliphatic carbocycles. The molecule has 112 valence electrons. The van der Waals surface area contributed by atoms with Gasteiger partial charge in [0.1, 0.15) is 6.33 Å². The zero-order valence-corrected chi connectivity index (χ0v) is 12.9. The second-order valence-electron chi connectivity index (χ2n) is 4.56. The monoisotopic (exact) mass is 307 g/mol. The second-order valence-corrected chi connectivity index (χ2v) is 5.00. The summed E-state index contributed by atoms with van der Waals surface area (Å²) in [6.07, 6.45) is 1.44. The largest absolute Gasteiger partial charge is 0.490 e. The summed E-state index contributed by atoms with van der Waals surface area (Å²) in [6.45, 7) is 2.07. The number of hydrazine groups is 1. The van der Waals surface area contributed by atoms with E-state index in [1.54, 1.807) is 7.11 Å². The third-order valence-electron chi connectivity index (χ3n) is 3.39. The van der Waals surface area contributed by atoms with Crippen molar-refractivity contribution >= 4 is 23.2 Å². The van der Waals surface area contributed by atoms with Crippen molar-refractivity contribution in [1.82, 2.24) is 9.97 Å². The number of nitrogens with one attached hydrogen (secondary N) is 1. The van der Waals surface area contributed by atoms with Gasteiger partial charge in [-0.25, -0.2) is 15.8 Å². The van der Waals surface area contributed by atoms with Crippen LogP contribution in [0.2, 0.25) is 5.02 Å². The maximum absolute atomic E-state index is 5.92. The van der Waals surface area contributed by atoms with Gasteiger partial charge in [-0.15, -0.1) is 0 Å². The Labute approximate surface area is 128 Å². The first kappa shape index (κ1) is 15.3. The minimum Gasteiger partial charge on any atom is -0.490 e. The Morgan fingerprint density at radius 1 is 1.29 bits per heavy atom. The smallest absolute Gasteiger partial charge is 0.205 e. The summed E-state index contributed by atoms with van der Waals surface area (Å²) >= 11 is 5.92. The molecule has 1 atom stereocenters. The molecule has 21 heavy (non-hydrogen) atoms. The van der Waals surface area contributed by atoms with E-state index in [4.69, 9.17) is 22.2 Å². The molecule has 2 rings (SSSR count). The van der Waals surface area contributed by atoms with E-state index in [1.807, 2.05) is 36.2 Å². The summed E-state index contributed by atoms with van der Waals surface area (Å²) in [6, 6.07) is 7.78. The molecular weight excluding hydrogens is 290 g/mol. The molecule has 0 spiro atoms. The molecule has 0 saturated heterocycles. The summed E-state index contributed by atoms with van der Waals surface area (Å²) in [4.78, 5) is 10.3. The molecule has 1 unspecified atom stereocenters. The molecule has 0 saturated carbocycles. The van der Waals surface area contributed by atoms with Gasteiger partial charge in [-0.3, -0.25) is 0 Å². The van der Waals surface area contributed by atoms with Crippen molar-refractivity contribution in [3.63, 3.8) is 0 Å². The predicted molar refractivity (Wildman–Crippen MR) is 84.7 cm³/mol. The highest BCUT2D eigenvalue weighted by Gasteiger charge is 2.20. The maximum atomic E-state index is 5.92. The van der Waals surface area contributed by atoms with E-state index >= 15 is 0 Å². The fourth-order valence-electron chi connectivity index (χ4n) is 2.05. The Morgan fingerprint density at radius 2 is 1.95 bits per heavy atom. The zero-order chi connectivity index (χ0) is 15.4. The Bertz CT molecular complexity index is 605. The third kappa shape index (κ3) is 3.17.